The zero-order chi connectivity index (χ0) is 14.1. The highest BCUT2D eigenvalue weighted by atomic mass is 15.1. The largest absolute Gasteiger partial charge is 0.292 e. The molecule has 0 aliphatic rings. The summed E-state index contributed by atoms with van der Waals surface area (Å²) in [5.74, 6) is 0.935. The van der Waals surface area contributed by atoms with Gasteiger partial charge in [-0.25, -0.2) is 4.98 Å². The smallest absolute Gasteiger partial charge is 0.145 e. The zero-order valence-corrected chi connectivity index (χ0v) is 11.3. The molecule has 2 heterocycles. The van der Waals surface area contributed by atoms with Crippen molar-refractivity contribution in [1.82, 2.24) is 14.5 Å². The molecule has 2 aromatic carbocycles. The Morgan fingerprint density at radius 3 is 2.24 bits per heavy atom. The molecule has 3 nitrogen and oxygen atoms in total. The Kier molecular flexibility index (Phi) is 2.75. The van der Waals surface area contributed by atoms with E-state index in [2.05, 4.69) is 27.8 Å². The van der Waals surface area contributed by atoms with Crippen LogP contribution in [-0.2, 0) is 0 Å². The topological polar surface area (TPSA) is 30.7 Å². The van der Waals surface area contributed by atoms with E-state index < -0.39 is 0 Å². The van der Waals surface area contributed by atoms with E-state index in [0.717, 1.165) is 28.1 Å². The molecule has 100 valence electrons. The Bertz CT molecular complexity index is 880. The summed E-state index contributed by atoms with van der Waals surface area (Å²) in [5, 5.41) is 0. The SMILES string of the molecule is c1ccc(-n2c(-c3ccncc3)nc3ccccc32)cc1. The van der Waals surface area contributed by atoms with Gasteiger partial charge in [0.25, 0.3) is 0 Å². The van der Waals surface area contributed by atoms with Crippen molar-refractivity contribution in [3.05, 3.63) is 79.1 Å². The molecule has 0 aliphatic carbocycles. The van der Waals surface area contributed by atoms with Crippen LogP contribution in [-0.4, -0.2) is 14.5 Å². The first-order chi connectivity index (χ1) is 10.4. The van der Waals surface area contributed by atoms with E-state index in [1.54, 1.807) is 12.4 Å². The van der Waals surface area contributed by atoms with Crippen LogP contribution in [0.25, 0.3) is 28.1 Å². The van der Waals surface area contributed by atoms with Gasteiger partial charge in [-0.15, -0.1) is 0 Å². The van der Waals surface area contributed by atoms with E-state index >= 15 is 0 Å². The summed E-state index contributed by atoms with van der Waals surface area (Å²) in [5.41, 5.74) is 4.27. The summed E-state index contributed by atoms with van der Waals surface area (Å²) < 4.78 is 2.19. The van der Waals surface area contributed by atoms with Gasteiger partial charge in [0.2, 0.25) is 0 Å². The Morgan fingerprint density at radius 1 is 0.714 bits per heavy atom. The van der Waals surface area contributed by atoms with Crippen molar-refractivity contribution < 1.29 is 0 Å². The number of benzene rings is 2. The van der Waals surface area contributed by atoms with Gasteiger partial charge in [-0.2, -0.15) is 0 Å². The van der Waals surface area contributed by atoms with Gasteiger partial charge in [0, 0.05) is 23.6 Å². The van der Waals surface area contributed by atoms with Crippen molar-refractivity contribution in [2.45, 2.75) is 0 Å². The molecular weight excluding hydrogens is 258 g/mol. The maximum Gasteiger partial charge on any atom is 0.145 e. The van der Waals surface area contributed by atoms with E-state index in [-0.39, 0.29) is 0 Å². The highest BCUT2D eigenvalue weighted by molar-refractivity contribution is 5.83. The van der Waals surface area contributed by atoms with Gasteiger partial charge in [-0.05, 0) is 36.4 Å². The predicted molar refractivity (Wildman–Crippen MR) is 84.3 cm³/mol. The molecule has 21 heavy (non-hydrogen) atoms. The monoisotopic (exact) mass is 271 g/mol. The lowest BCUT2D eigenvalue weighted by molar-refractivity contribution is 1.10. The molecule has 0 spiro atoms. The van der Waals surface area contributed by atoms with Gasteiger partial charge >= 0.3 is 0 Å². The molecule has 4 aromatic rings. The predicted octanol–water partition coefficient (Wildman–Crippen LogP) is 4.09. The van der Waals surface area contributed by atoms with E-state index in [1.807, 2.05) is 48.5 Å². The Hall–Kier alpha value is -2.94. The highest BCUT2D eigenvalue weighted by Gasteiger charge is 2.13. The van der Waals surface area contributed by atoms with Crippen molar-refractivity contribution in [1.29, 1.82) is 0 Å². The fourth-order valence-electron chi connectivity index (χ4n) is 2.56. The molecule has 0 amide bonds. The van der Waals surface area contributed by atoms with Crippen molar-refractivity contribution in [2.24, 2.45) is 0 Å². The first kappa shape index (κ1) is 11.9. The number of para-hydroxylation sites is 3. The average Bonchev–Trinajstić information content (AvgIpc) is 2.96. The molecule has 0 unspecified atom stereocenters. The van der Waals surface area contributed by atoms with Crippen molar-refractivity contribution in [3.8, 4) is 17.1 Å². The minimum Gasteiger partial charge on any atom is -0.292 e. The number of pyridine rings is 1. The average molecular weight is 271 g/mol. The number of aromatic nitrogens is 3. The van der Waals surface area contributed by atoms with Crippen LogP contribution in [0, 0.1) is 0 Å². The maximum absolute atomic E-state index is 4.79. The van der Waals surface area contributed by atoms with Crippen LogP contribution in [0.1, 0.15) is 0 Å². The first-order valence-electron chi connectivity index (χ1n) is 6.87. The van der Waals surface area contributed by atoms with Crippen LogP contribution in [0.4, 0.5) is 0 Å². The second kappa shape index (κ2) is 4.87. The first-order valence-corrected chi connectivity index (χ1v) is 6.87. The van der Waals surface area contributed by atoms with Gasteiger partial charge < -0.3 is 0 Å². The fourth-order valence-corrected chi connectivity index (χ4v) is 2.56. The molecule has 0 N–H and O–H groups in total. The lowest BCUT2D eigenvalue weighted by atomic mass is 10.2. The van der Waals surface area contributed by atoms with Crippen LogP contribution < -0.4 is 0 Å². The number of fused-ring (bicyclic) bond motifs is 1. The third-order valence-electron chi connectivity index (χ3n) is 3.51. The van der Waals surface area contributed by atoms with Crippen LogP contribution in [0.3, 0.4) is 0 Å². The minimum atomic E-state index is 0.935. The molecule has 0 bridgehead atoms. The van der Waals surface area contributed by atoms with Gasteiger partial charge in [0.1, 0.15) is 5.82 Å². The van der Waals surface area contributed by atoms with Crippen LogP contribution in [0.15, 0.2) is 79.1 Å². The van der Waals surface area contributed by atoms with Gasteiger partial charge in [0.15, 0.2) is 0 Å². The molecule has 0 aliphatic heterocycles. The molecule has 4 rings (SSSR count). The van der Waals surface area contributed by atoms with Crippen molar-refractivity contribution >= 4 is 11.0 Å². The van der Waals surface area contributed by atoms with E-state index in [4.69, 9.17) is 4.98 Å². The van der Waals surface area contributed by atoms with Crippen molar-refractivity contribution in [2.75, 3.05) is 0 Å². The number of imidazole rings is 1. The Labute approximate surface area is 122 Å². The lowest BCUT2D eigenvalue weighted by Gasteiger charge is -2.09. The van der Waals surface area contributed by atoms with Crippen LogP contribution >= 0.6 is 0 Å². The standard InChI is InChI=1S/C18H13N3/c1-2-6-15(7-3-1)21-17-9-5-4-8-16(17)20-18(21)14-10-12-19-13-11-14/h1-13H. The summed E-state index contributed by atoms with van der Waals surface area (Å²) in [4.78, 5) is 8.88. The second-order valence-corrected chi connectivity index (χ2v) is 4.83. The van der Waals surface area contributed by atoms with Gasteiger partial charge in [0.05, 0.1) is 11.0 Å². The number of nitrogens with zero attached hydrogens (tertiary/aromatic N) is 3. The van der Waals surface area contributed by atoms with Crippen LogP contribution in [0.2, 0.25) is 0 Å². The quantitative estimate of drug-likeness (QED) is 0.550. The third-order valence-corrected chi connectivity index (χ3v) is 3.51. The summed E-state index contributed by atoms with van der Waals surface area (Å²) in [6, 6.07) is 22.5. The molecule has 0 atom stereocenters. The highest BCUT2D eigenvalue weighted by Crippen LogP contribution is 2.27. The zero-order valence-electron chi connectivity index (χ0n) is 11.3. The second-order valence-electron chi connectivity index (χ2n) is 4.83. The maximum atomic E-state index is 4.79. The number of hydrogen-bond donors (Lipinski definition) is 0. The Morgan fingerprint density at radius 2 is 1.43 bits per heavy atom. The summed E-state index contributed by atoms with van der Waals surface area (Å²) >= 11 is 0. The summed E-state index contributed by atoms with van der Waals surface area (Å²) in [6.07, 6.45) is 3.59. The number of hydrogen-bond acceptors (Lipinski definition) is 2. The van der Waals surface area contributed by atoms with Gasteiger partial charge in [-0.3, -0.25) is 9.55 Å². The van der Waals surface area contributed by atoms with Crippen LogP contribution in [0.5, 0.6) is 0 Å². The Balaban J connectivity index is 2.07. The molecule has 0 saturated heterocycles. The summed E-state index contributed by atoms with van der Waals surface area (Å²) in [6.45, 7) is 0. The van der Waals surface area contributed by atoms with E-state index in [0.29, 0.717) is 0 Å². The normalized spacial score (nSPS) is 10.9. The molecule has 3 heteroatoms. The minimum absolute atomic E-state index is 0.935. The molecule has 0 fully saturated rings. The molecule has 0 saturated carbocycles. The summed E-state index contributed by atoms with van der Waals surface area (Å²) in [7, 11) is 0. The fraction of sp³-hybridized carbons (Fsp3) is 0. The molecular formula is C18H13N3. The van der Waals surface area contributed by atoms with Crippen molar-refractivity contribution in [3.63, 3.8) is 0 Å². The van der Waals surface area contributed by atoms with E-state index in [1.165, 1.54) is 0 Å². The lowest BCUT2D eigenvalue weighted by Crippen LogP contribution is -1.97. The number of rotatable bonds is 2. The molecule has 0 radical (unpaired) electrons. The van der Waals surface area contributed by atoms with Gasteiger partial charge in [-0.1, -0.05) is 30.3 Å². The third kappa shape index (κ3) is 1.99. The molecule has 2 aromatic heterocycles. The van der Waals surface area contributed by atoms with E-state index in [9.17, 15) is 0 Å².